The minimum atomic E-state index is 0.860. The van der Waals surface area contributed by atoms with E-state index in [4.69, 9.17) is 4.74 Å². The van der Waals surface area contributed by atoms with Crippen molar-refractivity contribution in [2.45, 2.75) is 13.0 Å². The van der Waals surface area contributed by atoms with Gasteiger partial charge < -0.3 is 15.0 Å². The van der Waals surface area contributed by atoms with E-state index >= 15 is 0 Å². The summed E-state index contributed by atoms with van der Waals surface area (Å²) < 4.78 is 5.38. The first-order chi connectivity index (χ1) is 7.93. The fraction of sp³-hybridized carbons (Fsp3) is 0.538. The van der Waals surface area contributed by atoms with Gasteiger partial charge in [0.2, 0.25) is 0 Å². The second-order valence-electron chi connectivity index (χ2n) is 4.48. The number of ether oxygens (including phenoxy) is 1. The molecule has 1 aromatic rings. The standard InChI is InChI=1S/C13H18N2O/c1-2-13(15-5-7-16-8-6-15)9-11-3-4-14-10-12(1)11/h1-2,9,14H,3-8,10H2. The third-order valence-corrected chi connectivity index (χ3v) is 3.45. The van der Waals surface area contributed by atoms with Gasteiger partial charge in [0.25, 0.3) is 0 Å². The van der Waals surface area contributed by atoms with Gasteiger partial charge in [0.1, 0.15) is 0 Å². The average Bonchev–Trinajstić information content (AvgIpc) is 2.39. The molecule has 1 aromatic carbocycles. The highest BCUT2D eigenvalue weighted by atomic mass is 16.5. The van der Waals surface area contributed by atoms with Crippen molar-refractivity contribution in [2.75, 3.05) is 37.7 Å². The lowest BCUT2D eigenvalue weighted by Gasteiger charge is -2.30. The summed E-state index contributed by atoms with van der Waals surface area (Å²) in [7, 11) is 0. The zero-order valence-corrected chi connectivity index (χ0v) is 9.54. The second-order valence-corrected chi connectivity index (χ2v) is 4.48. The quantitative estimate of drug-likeness (QED) is 0.766. The van der Waals surface area contributed by atoms with Crippen LogP contribution in [0.2, 0.25) is 0 Å². The molecule has 0 radical (unpaired) electrons. The van der Waals surface area contributed by atoms with Gasteiger partial charge in [-0.3, -0.25) is 0 Å². The molecule has 2 heterocycles. The highest BCUT2D eigenvalue weighted by Gasteiger charge is 2.14. The van der Waals surface area contributed by atoms with E-state index in [-0.39, 0.29) is 0 Å². The fourth-order valence-electron chi connectivity index (χ4n) is 2.48. The van der Waals surface area contributed by atoms with Crippen LogP contribution in [0.4, 0.5) is 5.69 Å². The zero-order valence-electron chi connectivity index (χ0n) is 9.54. The lowest BCUT2D eigenvalue weighted by molar-refractivity contribution is 0.122. The number of anilines is 1. The number of benzene rings is 1. The molecule has 0 unspecified atom stereocenters. The van der Waals surface area contributed by atoms with Crippen molar-refractivity contribution in [1.29, 1.82) is 0 Å². The summed E-state index contributed by atoms with van der Waals surface area (Å²) in [5.74, 6) is 0. The van der Waals surface area contributed by atoms with E-state index in [1.165, 1.54) is 16.8 Å². The zero-order chi connectivity index (χ0) is 10.8. The molecule has 0 aromatic heterocycles. The SMILES string of the molecule is c1cc2c(cc1N1CCOCC1)CCNC2. The van der Waals surface area contributed by atoms with E-state index in [0.29, 0.717) is 0 Å². The van der Waals surface area contributed by atoms with Crippen LogP contribution in [-0.2, 0) is 17.7 Å². The smallest absolute Gasteiger partial charge is 0.0642 e. The molecule has 0 saturated carbocycles. The van der Waals surface area contributed by atoms with Crippen LogP contribution in [0.1, 0.15) is 11.1 Å². The number of rotatable bonds is 1. The number of morpholine rings is 1. The van der Waals surface area contributed by atoms with E-state index in [1.807, 2.05) is 0 Å². The van der Waals surface area contributed by atoms with Crippen molar-refractivity contribution < 1.29 is 4.74 Å². The van der Waals surface area contributed by atoms with Crippen molar-refractivity contribution >= 4 is 5.69 Å². The van der Waals surface area contributed by atoms with Gasteiger partial charge in [0, 0.05) is 25.3 Å². The molecule has 1 fully saturated rings. The maximum absolute atomic E-state index is 5.38. The van der Waals surface area contributed by atoms with Gasteiger partial charge in [-0.25, -0.2) is 0 Å². The fourth-order valence-corrected chi connectivity index (χ4v) is 2.48. The van der Waals surface area contributed by atoms with Gasteiger partial charge in [-0.1, -0.05) is 6.07 Å². The molecule has 3 heteroatoms. The molecule has 3 rings (SSSR count). The highest BCUT2D eigenvalue weighted by molar-refractivity contribution is 5.52. The summed E-state index contributed by atoms with van der Waals surface area (Å²) in [6.07, 6.45) is 1.16. The van der Waals surface area contributed by atoms with Crippen LogP contribution < -0.4 is 10.2 Å². The van der Waals surface area contributed by atoms with Crippen molar-refractivity contribution in [3.05, 3.63) is 29.3 Å². The van der Waals surface area contributed by atoms with Gasteiger partial charge in [0.15, 0.2) is 0 Å². The van der Waals surface area contributed by atoms with Crippen LogP contribution in [0, 0.1) is 0 Å². The predicted molar refractivity (Wildman–Crippen MR) is 64.9 cm³/mol. The third-order valence-electron chi connectivity index (χ3n) is 3.45. The van der Waals surface area contributed by atoms with E-state index in [2.05, 4.69) is 28.4 Å². The molecular weight excluding hydrogens is 200 g/mol. The molecule has 86 valence electrons. The number of fused-ring (bicyclic) bond motifs is 1. The molecule has 0 spiro atoms. The summed E-state index contributed by atoms with van der Waals surface area (Å²) in [5.41, 5.74) is 4.34. The van der Waals surface area contributed by atoms with E-state index in [1.54, 1.807) is 0 Å². The number of hydrogen-bond donors (Lipinski definition) is 1. The van der Waals surface area contributed by atoms with Gasteiger partial charge in [-0.15, -0.1) is 0 Å². The van der Waals surface area contributed by atoms with Gasteiger partial charge in [-0.2, -0.15) is 0 Å². The minimum absolute atomic E-state index is 0.860. The van der Waals surface area contributed by atoms with Gasteiger partial charge >= 0.3 is 0 Å². The largest absolute Gasteiger partial charge is 0.378 e. The van der Waals surface area contributed by atoms with Crippen molar-refractivity contribution in [3.8, 4) is 0 Å². The van der Waals surface area contributed by atoms with Gasteiger partial charge in [-0.05, 0) is 36.2 Å². The Kier molecular flexibility index (Phi) is 2.80. The lowest BCUT2D eigenvalue weighted by atomic mass is 10.00. The molecular formula is C13H18N2O. The summed E-state index contributed by atoms with van der Waals surface area (Å²) in [6, 6.07) is 6.88. The second kappa shape index (κ2) is 4.44. The predicted octanol–water partition coefficient (Wildman–Crippen LogP) is 1.17. The Morgan fingerprint density at radius 2 is 2.00 bits per heavy atom. The van der Waals surface area contributed by atoms with Crippen LogP contribution in [0.3, 0.4) is 0 Å². The topological polar surface area (TPSA) is 24.5 Å². The average molecular weight is 218 g/mol. The Morgan fingerprint density at radius 3 is 2.88 bits per heavy atom. The van der Waals surface area contributed by atoms with Crippen LogP contribution in [0.5, 0.6) is 0 Å². The monoisotopic (exact) mass is 218 g/mol. The molecule has 16 heavy (non-hydrogen) atoms. The summed E-state index contributed by atoms with van der Waals surface area (Å²) in [4.78, 5) is 2.42. The normalized spacial score (nSPS) is 20.6. The maximum atomic E-state index is 5.38. The Labute approximate surface area is 96.4 Å². The molecule has 0 atom stereocenters. The van der Waals surface area contributed by atoms with Crippen molar-refractivity contribution in [2.24, 2.45) is 0 Å². The van der Waals surface area contributed by atoms with Crippen LogP contribution >= 0.6 is 0 Å². The molecule has 2 aliphatic heterocycles. The van der Waals surface area contributed by atoms with E-state index in [0.717, 1.165) is 45.8 Å². The molecule has 1 N–H and O–H groups in total. The summed E-state index contributed by atoms with van der Waals surface area (Å²) in [6.45, 7) is 5.91. The van der Waals surface area contributed by atoms with Crippen LogP contribution in [-0.4, -0.2) is 32.8 Å². The first kappa shape index (κ1) is 10.1. The lowest BCUT2D eigenvalue weighted by Crippen LogP contribution is -2.36. The Hall–Kier alpha value is -1.06. The van der Waals surface area contributed by atoms with E-state index < -0.39 is 0 Å². The summed E-state index contributed by atoms with van der Waals surface area (Å²) >= 11 is 0. The first-order valence-corrected chi connectivity index (χ1v) is 6.09. The molecule has 2 aliphatic rings. The Bertz CT molecular complexity index is 372. The number of nitrogens with zero attached hydrogens (tertiary/aromatic N) is 1. The van der Waals surface area contributed by atoms with Gasteiger partial charge in [0.05, 0.1) is 13.2 Å². The van der Waals surface area contributed by atoms with E-state index in [9.17, 15) is 0 Å². The molecule has 0 bridgehead atoms. The first-order valence-electron chi connectivity index (χ1n) is 6.09. The van der Waals surface area contributed by atoms with Crippen molar-refractivity contribution in [3.63, 3.8) is 0 Å². The Balaban J connectivity index is 1.84. The third kappa shape index (κ3) is 1.93. The molecule has 0 aliphatic carbocycles. The highest BCUT2D eigenvalue weighted by Crippen LogP contribution is 2.22. The number of nitrogens with one attached hydrogen (secondary N) is 1. The molecule has 3 nitrogen and oxygen atoms in total. The Morgan fingerprint density at radius 1 is 1.12 bits per heavy atom. The summed E-state index contributed by atoms with van der Waals surface area (Å²) in [5, 5.41) is 3.41. The molecule has 1 saturated heterocycles. The minimum Gasteiger partial charge on any atom is -0.378 e. The van der Waals surface area contributed by atoms with Crippen molar-refractivity contribution in [1.82, 2.24) is 5.32 Å². The molecule has 0 amide bonds. The maximum Gasteiger partial charge on any atom is 0.0642 e. The van der Waals surface area contributed by atoms with Crippen LogP contribution in [0.25, 0.3) is 0 Å². The van der Waals surface area contributed by atoms with Crippen LogP contribution in [0.15, 0.2) is 18.2 Å². The number of hydrogen-bond acceptors (Lipinski definition) is 3.